The highest BCUT2D eigenvalue weighted by atomic mass is 79.9. The van der Waals surface area contributed by atoms with Gasteiger partial charge in [-0.05, 0) is 51.0 Å². The molecule has 3 aromatic rings. The molecule has 0 N–H and O–H groups in total. The molecule has 3 heterocycles. The molecule has 2 aromatic heterocycles. The van der Waals surface area contributed by atoms with Gasteiger partial charge in [-0.3, -0.25) is 4.79 Å². The highest BCUT2D eigenvalue weighted by Crippen LogP contribution is 2.36. The number of hydrogen-bond donors (Lipinski definition) is 0. The molecule has 0 saturated carbocycles. The van der Waals surface area contributed by atoms with Gasteiger partial charge in [0.1, 0.15) is 5.75 Å². The van der Waals surface area contributed by atoms with E-state index in [2.05, 4.69) is 27.1 Å². The van der Waals surface area contributed by atoms with Gasteiger partial charge in [0.05, 0.1) is 21.1 Å². The Balaban J connectivity index is 1.54. The molecule has 1 aromatic carbocycles. The van der Waals surface area contributed by atoms with Crippen LogP contribution < -0.4 is 4.74 Å². The second kappa shape index (κ2) is 7.73. The van der Waals surface area contributed by atoms with Crippen molar-refractivity contribution in [1.29, 1.82) is 0 Å². The van der Waals surface area contributed by atoms with Crippen LogP contribution in [0.25, 0.3) is 0 Å². The van der Waals surface area contributed by atoms with Crippen molar-refractivity contribution in [2.45, 2.75) is 12.5 Å². The van der Waals surface area contributed by atoms with Crippen LogP contribution in [0.15, 0.2) is 68.9 Å². The van der Waals surface area contributed by atoms with E-state index in [9.17, 15) is 4.79 Å². The van der Waals surface area contributed by atoms with Crippen LogP contribution in [0, 0.1) is 0 Å². The predicted octanol–water partition coefficient (Wildman–Crippen LogP) is 5.33. The summed E-state index contributed by atoms with van der Waals surface area (Å²) in [6.07, 6.45) is 0.724. The minimum atomic E-state index is -0.147. The zero-order valence-electron chi connectivity index (χ0n) is 13.7. The molecule has 0 spiro atoms. The SMILES string of the molecule is O=C(COc1ccccc1Br)N1N=C(c2cccs2)CC1c1cccs1. The number of benzene rings is 1. The topological polar surface area (TPSA) is 41.9 Å². The van der Waals surface area contributed by atoms with Gasteiger partial charge in [-0.15, -0.1) is 22.7 Å². The molecular formula is C19H15BrN2O2S2. The lowest BCUT2D eigenvalue weighted by Crippen LogP contribution is -2.31. The summed E-state index contributed by atoms with van der Waals surface area (Å²) in [6.45, 7) is -0.0499. The number of para-hydroxylation sites is 1. The minimum Gasteiger partial charge on any atom is -0.483 e. The zero-order valence-corrected chi connectivity index (χ0v) is 16.9. The van der Waals surface area contributed by atoms with E-state index in [0.29, 0.717) is 5.75 Å². The number of nitrogens with zero attached hydrogens (tertiary/aromatic N) is 2. The van der Waals surface area contributed by atoms with E-state index >= 15 is 0 Å². The number of carbonyl (C=O) groups excluding carboxylic acids is 1. The molecule has 0 fully saturated rings. The van der Waals surface area contributed by atoms with Crippen molar-refractivity contribution >= 4 is 50.2 Å². The Morgan fingerprint density at radius 1 is 1.15 bits per heavy atom. The third-order valence-electron chi connectivity index (χ3n) is 4.03. The minimum absolute atomic E-state index is 0.0499. The molecular weight excluding hydrogens is 432 g/mol. The van der Waals surface area contributed by atoms with Crippen molar-refractivity contribution in [2.24, 2.45) is 5.10 Å². The van der Waals surface area contributed by atoms with Crippen LogP contribution in [0.2, 0.25) is 0 Å². The number of rotatable bonds is 5. The monoisotopic (exact) mass is 446 g/mol. The highest BCUT2D eigenvalue weighted by molar-refractivity contribution is 9.10. The number of halogens is 1. The normalized spacial score (nSPS) is 16.6. The quantitative estimate of drug-likeness (QED) is 0.531. The van der Waals surface area contributed by atoms with Crippen molar-refractivity contribution < 1.29 is 9.53 Å². The van der Waals surface area contributed by atoms with Gasteiger partial charge in [0.25, 0.3) is 5.91 Å². The molecule has 1 amide bonds. The van der Waals surface area contributed by atoms with Gasteiger partial charge in [0.2, 0.25) is 0 Å². The zero-order chi connectivity index (χ0) is 17.9. The van der Waals surface area contributed by atoms with Crippen molar-refractivity contribution in [3.05, 3.63) is 73.5 Å². The summed E-state index contributed by atoms with van der Waals surface area (Å²) in [5.74, 6) is 0.501. The highest BCUT2D eigenvalue weighted by Gasteiger charge is 2.34. The number of hydrazone groups is 1. The largest absolute Gasteiger partial charge is 0.483 e. The number of amides is 1. The predicted molar refractivity (Wildman–Crippen MR) is 109 cm³/mol. The molecule has 4 rings (SSSR count). The van der Waals surface area contributed by atoms with Crippen LogP contribution >= 0.6 is 38.6 Å². The van der Waals surface area contributed by atoms with Crippen LogP contribution in [0.4, 0.5) is 0 Å². The Morgan fingerprint density at radius 3 is 2.69 bits per heavy atom. The summed E-state index contributed by atoms with van der Waals surface area (Å²) in [7, 11) is 0. The van der Waals surface area contributed by atoms with Gasteiger partial charge in [-0.25, -0.2) is 5.01 Å². The first kappa shape index (κ1) is 17.5. The first-order chi connectivity index (χ1) is 12.7. The summed E-state index contributed by atoms with van der Waals surface area (Å²) in [5.41, 5.74) is 0.952. The van der Waals surface area contributed by atoms with E-state index in [1.807, 2.05) is 53.2 Å². The molecule has 7 heteroatoms. The van der Waals surface area contributed by atoms with E-state index < -0.39 is 0 Å². The molecule has 1 unspecified atom stereocenters. The summed E-state index contributed by atoms with van der Waals surface area (Å²) in [4.78, 5) is 15.1. The second-order valence-electron chi connectivity index (χ2n) is 5.72. The molecule has 1 atom stereocenters. The van der Waals surface area contributed by atoms with E-state index in [4.69, 9.17) is 4.74 Å². The summed E-state index contributed by atoms with van der Waals surface area (Å²) in [6, 6.07) is 15.5. The average molecular weight is 447 g/mol. The molecule has 4 nitrogen and oxygen atoms in total. The lowest BCUT2D eigenvalue weighted by molar-refractivity contribution is -0.135. The van der Waals surface area contributed by atoms with Crippen LogP contribution in [0.1, 0.15) is 22.2 Å². The fourth-order valence-corrected chi connectivity index (χ4v) is 4.73. The van der Waals surface area contributed by atoms with Gasteiger partial charge in [0, 0.05) is 11.3 Å². The fraction of sp³-hybridized carbons (Fsp3) is 0.158. The lowest BCUT2D eigenvalue weighted by Gasteiger charge is -2.20. The average Bonchev–Trinajstić information content (AvgIpc) is 3.41. The third-order valence-corrected chi connectivity index (χ3v) is 6.58. The Morgan fingerprint density at radius 2 is 1.96 bits per heavy atom. The summed E-state index contributed by atoms with van der Waals surface area (Å²) < 4.78 is 6.53. The Bertz CT molecular complexity index is 923. The second-order valence-corrected chi connectivity index (χ2v) is 8.50. The fourth-order valence-electron chi connectivity index (χ4n) is 2.80. The lowest BCUT2D eigenvalue weighted by atomic mass is 10.1. The van der Waals surface area contributed by atoms with Gasteiger partial charge in [-0.1, -0.05) is 24.3 Å². The first-order valence-electron chi connectivity index (χ1n) is 8.06. The van der Waals surface area contributed by atoms with Crippen LogP contribution in [-0.2, 0) is 4.79 Å². The Labute approximate surface area is 167 Å². The molecule has 1 aliphatic heterocycles. The molecule has 132 valence electrons. The van der Waals surface area contributed by atoms with Crippen LogP contribution in [0.5, 0.6) is 5.75 Å². The van der Waals surface area contributed by atoms with Gasteiger partial charge < -0.3 is 4.74 Å². The molecule has 26 heavy (non-hydrogen) atoms. The molecule has 0 radical (unpaired) electrons. The van der Waals surface area contributed by atoms with E-state index in [0.717, 1.165) is 26.4 Å². The van der Waals surface area contributed by atoms with Crippen molar-refractivity contribution in [2.75, 3.05) is 6.61 Å². The smallest absolute Gasteiger partial charge is 0.281 e. The van der Waals surface area contributed by atoms with Crippen LogP contribution in [0.3, 0.4) is 0 Å². The van der Waals surface area contributed by atoms with E-state index in [1.165, 1.54) is 0 Å². The number of carbonyl (C=O) groups is 1. The number of hydrogen-bond acceptors (Lipinski definition) is 5. The summed E-state index contributed by atoms with van der Waals surface area (Å²) >= 11 is 6.72. The maximum atomic E-state index is 12.8. The maximum Gasteiger partial charge on any atom is 0.281 e. The van der Waals surface area contributed by atoms with E-state index in [1.54, 1.807) is 27.7 Å². The Hall–Kier alpha value is -1.96. The van der Waals surface area contributed by atoms with E-state index in [-0.39, 0.29) is 18.6 Å². The molecule has 0 aliphatic carbocycles. The molecule has 1 aliphatic rings. The maximum absolute atomic E-state index is 12.8. The molecule has 0 saturated heterocycles. The number of thiophene rings is 2. The van der Waals surface area contributed by atoms with Gasteiger partial charge >= 0.3 is 0 Å². The standard InChI is InChI=1S/C19H15BrN2O2S2/c20-13-5-1-2-6-16(13)24-12-19(23)22-15(18-8-4-10-26-18)11-14(21-22)17-7-3-9-25-17/h1-10,15H,11-12H2. The molecule has 0 bridgehead atoms. The van der Waals surface area contributed by atoms with Crippen molar-refractivity contribution in [3.8, 4) is 5.75 Å². The van der Waals surface area contributed by atoms with Gasteiger partial charge in [0.15, 0.2) is 6.61 Å². The van der Waals surface area contributed by atoms with Crippen molar-refractivity contribution in [3.63, 3.8) is 0 Å². The van der Waals surface area contributed by atoms with Gasteiger partial charge in [-0.2, -0.15) is 5.10 Å². The van der Waals surface area contributed by atoms with Crippen LogP contribution in [-0.4, -0.2) is 23.2 Å². The number of ether oxygens (including phenoxy) is 1. The summed E-state index contributed by atoms with van der Waals surface area (Å²) in [5, 5.41) is 10.3. The first-order valence-corrected chi connectivity index (χ1v) is 10.6. The Kier molecular flexibility index (Phi) is 5.19. The van der Waals surface area contributed by atoms with Crippen molar-refractivity contribution in [1.82, 2.24) is 5.01 Å². The third kappa shape index (κ3) is 3.60.